The molecule has 1 aromatic carbocycles. The predicted octanol–water partition coefficient (Wildman–Crippen LogP) is 4.94. The average molecular weight is 260 g/mol. The molecule has 1 fully saturated rings. The minimum atomic E-state index is -0.262. The van der Waals surface area contributed by atoms with E-state index in [2.05, 4.69) is 39.0 Å². The zero-order valence-corrected chi connectivity index (χ0v) is 12.7. The Morgan fingerprint density at radius 2 is 1.79 bits per heavy atom. The molecule has 0 radical (unpaired) electrons. The fraction of sp³-hybridized carbons (Fsp3) is 0.667. The summed E-state index contributed by atoms with van der Waals surface area (Å²) in [4.78, 5) is 0. The van der Waals surface area contributed by atoms with Crippen LogP contribution in [0.2, 0.25) is 0 Å². The summed E-state index contributed by atoms with van der Waals surface area (Å²) in [6.45, 7) is 6.53. The molecule has 1 aromatic rings. The lowest BCUT2D eigenvalue weighted by atomic mass is 9.76. The van der Waals surface area contributed by atoms with Crippen LogP contribution in [0, 0.1) is 25.7 Å². The van der Waals surface area contributed by atoms with Gasteiger partial charge in [0.25, 0.3) is 0 Å². The lowest BCUT2D eigenvalue weighted by Gasteiger charge is -2.31. The predicted molar refractivity (Wildman–Crippen MR) is 81.2 cm³/mol. The summed E-state index contributed by atoms with van der Waals surface area (Å²) < 4.78 is 0. The molecule has 1 N–H and O–H groups in total. The van der Waals surface area contributed by atoms with E-state index in [0.29, 0.717) is 5.92 Å². The smallest absolute Gasteiger partial charge is 0.0818 e. The molecule has 1 unspecified atom stereocenters. The van der Waals surface area contributed by atoms with Gasteiger partial charge in [-0.1, -0.05) is 50.8 Å². The Hall–Kier alpha value is -0.820. The first-order chi connectivity index (χ1) is 9.11. The summed E-state index contributed by atoms with van der Waals surface area (Å²) in [5.74, 6) is 1.38. The molecule has 106 valence electrons. The molecular formula is C18H28O. The van der Waals surface area contributed by atoms with Gasteiger partial charge in [0, 0.05) is 0 Å². The Labute approximate surface area is 118 Å². The Kier molecular flexibility index (Phi) is 5.04. The number of aliphatic hydroxyl groups is 1. The monoisotopic (exact) mass is 260 g/mol. The van der Waals surface area contributed by atoms with Crippen LogP contribution in [0.25, 0.3) is 0 Å². The molecule has 0 spiro atoms. The van der Waals surface area contributed by atoms with Gasteiger partial charge in [0.15, 0.2) is 0 Å². The van der Waals surface area contributed by atoms with Gasteiger partial charge in [0.2, 0.25) is 0 Å². The van der Waals surface area contributed by atoms with Crippen molar-refractivity contribution in [3.8, 4) is 0 Å². The molecule has 1 nitrogen and oxygen atoms in total. The van der Waals surface area contributed by atoms with Crippen LogP contribution in [0.15, 0.2) is 18.2 Å². The Morgan fingerprint density at radius 3 is 2.37 bits per heavy atom. The fourth-order valence-corrected chi connectivity index (χ4v) is 3.42. The molecule has 1 saturated carbocycles. The molecule has 0 aromatic heterocycles. The van der Waals surface area contributed by atoms with E-state index in [1.165, 1.54) is 49.7 Å². The van der Waals surface area contributed by atoms with Crippen molar-refractivity contribution in [2.75, 3.05) is 0 Å². The quantitative estimate of drug-likeness (QED) is 0.812. The van der Waals surface area contributed by atoms with Gasteiger partial charge >= 0.3 is 0 Å². The van der Waals surface area contributed by atoms with Gasteiger partial charge in [0.05, 0.1) is 6.10 Å². The molecule has 2 rings (SSSR count). The number of hydrogen-bond acceptors (Lipinski definition) is 1. The van der Waals surface area contributed by atoms with E-state index in [0.717, 1.165) is 11.5 Å². The number of aryl methyl sites for hydroxylation is 2. The second-order valence-electron chi connectivity index (χ2n) is 6.36. The van der Waals surface area contributed by atoms with Gasteiger partial charge < -0.3 is 5.11 Å². The van der Waals surface area contributed by atoms with E-state index in [4.69, 9.17) is 0 Å². The Bertz CT molecular complexity index is 402. The molecule has 1 heteroatoms. The maximum atomic E-state index is 10.6. The standard InChI is InChI=1S/C18H28O/c1-4-5-15-7-10-16(11-8-15)18(19)17-9-6-13(2)14(3)12-17/h6,9,12,15-16,18-19H,4-5,7-8,10-11H2,1-3H3. The molecule has 1 aliphatic carbocycles. The summed E-state index contributed by atoms with van der Waals surface area (Å²) in [5.41, 5.74) is 3.71. The molecule has 0 saturated heterocycles. The van der Waals surface area contributed by atoms with E-state index in [9.17, 15) is 5.11 Å². The lowest BCUT2D eigenvalue weighted by Crippen LogP contribution is -2.20. The zero-order valence-electron chi connectivity index (χ0n) is 12.7. The maximum Gasteiger partial charge on any atom is 0.0818 e. The zero-order chi connectivity index (χ0) is 13.8. The van der Waals surface area contributed by atoms with Gasteiger partial charge in [-0.2, -0.15) is 0 Å². The van der Waals surface area contributed by atoms with Crippen LogP contribution in [-0.4, -0.2) is 5.11 Å². The van der Waals surface area contributed by atoms with E-state index >= 15 is 0 Å². The fourth-order valence-electron chi connectivity index (χ4n) is 3.42. The summed E-state index contributed by atoms with van der Waals surface area (Å²) in [6, 6.07) is 6.40. The van der Waals surface area contributed by atoms with E-state index in [-0.39, 0.29) is 6.10 Å². The Balaban J connectivity index is 1.97. The van der Waals surface area contributed by atoms with E-state index < -0.39 is 0 Å². The van der Waals surface area contributed by atoms with Crippen molar-refractivity contribution in [2.24, 2.45) is 11.8 Å². The van der Waals surface area contributed by atoms with Crippen LogP contribution in [0.5, 0.6) is 0 Å². The third-order valence-electron chi connectivity index (χ3n) is 4.91. The lowest BCUT2D eigenvalue weighted by molar-refractivity contribution is 0.0722. The van der Waals surface area contributed by atoms with Gasteiger partial charge in [0.1, 0.15) is 0 Å². The molecule has 1 atom stereocenters. The SMILES string of the molecule is CCCC1CCC(C(O)c2ccc(C)c(C)c2)CC1. The number of rotatable bonds is 4. The van der Waals surface area contributed by atoms with Crippen LogP contribution in [0.1, 0.15) is 68.2 Å². The maximum absolute atomic E-state index is 10.6. The topological polar surface area (TPSA) is 20.2 Å². The van der Waals surface area contributed by atoms with Crippen molar-refractivity contribution in [3.63, 3.8) is 0 Å². The first kappa shape index (κ1) is 14.6. The first-order valence-electron chi connectivity index (χ1n) is 7.87. The minimum Gasteiger partial charge on any atom is -0.388 e. The van der Waals surface area contributed by atoms with Crippen LogP contribution in [0.4, 0.5) is 0 Å². The van der Waals surface area contributed by atoms with E-state index in [1.807, 2.05) is 0 Å². The molecule has 1 aliphatic rings. The van der Waals surface area contributed by atoms with Crippen molar-refractivity contribution in [2.45, 2.75) is 65.4 Å². The Morgan fingerprint density at radius 1 is 1.11 bits per heavy atom. The highest BCUT2D eigenvalue weighted by atomic mass is 16.3. The highest BCUT2D eigenvalue weighted by molar-refractivity contribution is 5.31. The van der Waals surface area contributed by atoms with Crippen LogP contribution < -0.4 is 0 Å². The van der Waals surface area contributed by atoms with Crippen LogP contribution >= 0.6 is 0 Å². The second-order valence-corrected chi connectivity index (χ2v) is 6.36. The molecule has 19 heavy (non-hydrogen) atoms. The number of hydrogen-bond donors (Lipinski definition) is 1. The summed E-state index contributed by atoms with van der Waals surface area (Å²) >= 11 is 0. The second kappa shape index (κ2) is 6.56. The summed E-state index contributed by atoms with van der Waals surface area (Å²) in [6.07, 6.45) is 7.40. The third kappa shape index (κ3) is 3.60. The normalized spacial score (nSPS) is 25.3. The van der Waals surface area contributed by atoms with Gasteiger partial charge in [-0.15, -0.1) is 0 Å². The third-order valence-corrected chi connectivity index (χ3v) is 4.91. The van der Waals surface area contributed by atoms with Gasteiger partial charge in [-0.3, -0.25) is 0 Å². The number of benzene rings is 1. The van der Waals surface area contributed by atoms with Gasteiger partial charge in [-0.25, -0.2) is 0 Å². The molecule has 0 heterocycles. The van der Waals surface area contributed by atoms with Crippen molar-refractivity contribution in [1.82, 2.24) is 0 Å². The average Bonchev–Trinajstić information content (AvgIpc) is 2.42. The van der Waals surface area contributed by atoms with Crippen molar-refractivity contribution < 1.29 is 5.11 Å². The molecular weight excluding hydrogens is 232 g/mol. The van der Waals surface area contributed by atoms with E-state index in [1.54, 1.807) is 0 Å². The number of aliphatic hydroxyl groups excluding tert-OH is 1. The summed E-state index contributed by atoms with van der Waals surface area (Å²) in [7, 11) is 0. The first-order valence-corrected chi connectivity index (χ1v) is 7.87. The highest BCUT2D eigenvalue weighted by Crippen LogP contribution is 2.38. The minimum absolute atomic E-state index is 0.262. The molecule has 0 amide bonds. The molecule has 0 aliphatic heterocycles. The van der Waals surface area contributed by atoms with Crippen molar-refractivity contribution in [1.29, 1.82) is 0 Å². The van der Waals surface area contributed by atoms with Crippen molar-refractivity contribution in [3.05, 3.63) is 34.9 Å². The molecule has 0 bridgehead atoms. The van der Waals surface area contributed by atoms with Crippen LogP contribution in [0.3, 0.4) is 0 Å². The highest BCUT2D eigenvalue weighted by Gasteiger charge is 2.27. The largest absolute Gasteiger partial charge is 0.388 e. The summed E-state index contributed by atoms with van der Waals surface area (Å²) in [5, 5.41) is 10.6. The van der Waals surface area contributed by atoms with Crippen LogP contribution in [-0.2, 0) is 0 Å². The van der Waals surface area contributed by atoms with Gasteiger partial charge in [-0.05, 0) is 55.2 Å². The van der Waals surface area contributed by atoms with Crippen molar-refractivity contribution >= 4 is 0 Å².